The number of hydrogen-bond acceptors (Lipinski definition) is 1. The summed E-state index contributed by atoms with van der Waals surface area (Å²) >= 11 is 5.67. The largest absolute Gasteiger partial charge is 0.288 e. The van der Waals surface area contributed by atoms with Crippen LogP contribution in [0.4, 0.5) is 4.39 Å². The van der Waals surface area contributed by atoms with Gasteiger partial charge in [0.2, 0.25) is 0 Å². The number of rotatable bonds is 2. The number of benzene rings is 2. The van der Waals surface area contributed by atoms with E-state index in [4.69, 9.17) is 11.6 Å². The molecule has 0 atom stereocenters. The van der Waals surface area contributed by atoms with Gasteiger partial charge in [-0.15, -0.1) is 0 Å². The van der Waals surface area contributed by atoms with Crippen LogP contribution in [0, 0.1) is 19.7 Å². The molecule has 2 aromatic rings. The first kappa shape index (κ1) is 12.8. The van der Waals surface area contributed by atoms with Crippen LogP contribution >= 0.6 is 11.6 Å². The Kier molecular flexibility index (Phi) is 3.48. The minimum absolute atomic E-state index is 0.0457. The standard InChI is InChI=1S/C15H12ClFO/c1-9-5-10(2)7-11(6-9)15(18)13-4-3-12(16)8-14(13)17/h3-8H,1-2H3. The Morgan fingerprint density at radius 2 is 1.67 bits per heavy atom. The second-order valence-corrected chi connectivity index (χ2v) is 4.77. The number of aryl methyl sites for hydroxylation is 2. The maximum absolute atomic E-state index is 13.7. The molecule has 18 heavy (non-hydrogen) atoms. The Morgan fingerprint density at radius 3 is 2.22 bits per heavy atom. The molecular weight excluding hydrogens is 251 g/mol. The van der Waals surface area contributed by atoms with E-state index in [1.807, 2.05) is 19.9 Å². The quantitative estimate of drug-likeness (QED) is 0.737. The molecule has 0 radical (unpaired) electrons. The monoisotopic (exact) mass is 262 g/mol. The fourth-order valence-corrected chi connectivity index (χ4v) is 2.09. The van der Waals surface area contributed by atoms with Gasteiger partial charge in [0, 0.05) is 10.6 Å². The fraction of sp³-hybridized carbons (Fsp3) is 0.133. The SMILES string of the molecule is Cc1cc(C)cc(C(=O)c2ccc(Cl)cc2F)c1. The molecular formula is C15H12ClFO. The molecule has 0 aliphatic carbocycles. The van der Waals surface area contributed by atoms with Crippen LogP contribution in [0.1, 0.15) is 27.0 Å². The average molecular weight is 263 g/mol. The lowest BCUT2D eigenvalue weighted by molar-refractivity contribution is 0.103. The van der Waals surface area contributed by atoms with Gasteiger partial charge in [0.1, 0.15) is 5.82 Å². The summed E-state index contributed by atoms with van der Waals surface area (Å²) in [7, 11) is 0. The first-order valence-corrected chi connectivity index (χ1v) is 5.93. The van der Waals surface area contributed by atoms with Gasteiger partial charge in [-0.1, -0.05) is 28.8 Å². The maximum Gasteiger partial charge on any atom is 0.195 e. The highest BCUT2D eigenvalue weighted by Gasteiger charge is 2.14. The molecule has 92 valence electrons. The number of carbonyl (C=O) groups is 1. The molecule has 0 unspecified atom stereocenters. The Bertz CT molecular complexity index is 600. The third-order valence-corrected chi connectivity index (χ3v) is 2.89. The highest BCUT2D eigenvalue weighted by Crippen LogP contribution is 2.19. The summed E-state index contributed by atoms with van der Waals surface area (Å²) in [6, 6.07) is 9.55. The molecule has 1 nitrogen and oxygen atoms in total. The number of hydrogen-bond donors (Lipinski definition) is 0. The van der Waals surface area contributed by atoms with E-state index in [0.29, 0.717) is 5.56 Å². The van der Waals surface area contributed by atoms with Gasteiger partial charge in [0.15, 0.2) is 5.78 Å². The maximum atomic E-state index is 13.7. The lowest BCUT2D eigenvalue weighted by Crippen LogP contribution is -2.05. The van der Waals surface area contributed by atoms with Crippen molar-refractivity contribution in [3.05, 3.63) is 69.5 Å². The van der Waals surface area contributed by atoms with E-state index >= 15 is 0 Å². The molecule has 0 N–H and O–H groups in total. The first-order valence-electron chi connectivity index (χ1n) is 5.55. The summed E-state index contributed by atoms with van der Waals surface area (Å²) in [5.74, 6) is -0.914. The molecule has 0 saturated heterocycles. The summed E-state index contributed by atoms with van der Waals surface area (Å²) in [6.07, 6.45) is 0. The molecule has 2 aromatic carbocycles. The first-order chi connectivity index (χ1) is 8.47. The van der Waals surface area contributed by atoms with Gasteiger partial charge >= 0.3 is 0 Å². The Hall–Kier alpha value is -1.67. The van der Waals surface area contributed by atoms with Gasteiger partial charge in [-0.25, -0.2) is 4.39 Å². The molecule has 0 bridgehead atoms. The van der Waals surface area contributed by atoms with Gasteiger partial charge in [0.05, 0.1) is 5.56 Å². The van der Waals surface area contributed by atoms with Crippen LogP contribution in [0.2, 0.25) is 5.02 Å². The van der Waals surface area contributed by atoms with Crippen LogP contribution in [0.25, 0.3) is 0 Å². The summed E-state index contributed by atoms with van der Waals surface area (Å²) < 4.78 is 13.7. The molecule has 0 aliphatic rings. The van der Waals surface area contributed by atoms with Gasteiger partial charge in [-0.05, 0) is 44.2 Å². The van der Waals surface area contributed by atoms with Crippen molar-refractivity contribution in [2.24, 2.45) is 0 Å². The van der Waals surface area contributed by atoms with E-state index < -0.39 is 5.82 Å². The minimum Gasteiger partial charge on any atom is -0.288 e. The number of ketones is 1. The van der Waals surface area contributed by atoms with E-state index in [0.717, 1.165) is 17.2 Å². The molecule has 2 rings (SSSR count). The van der Waals surface area contributed by atoms with Crippen molar-refractivity contribution in [2.75, 3.05) is 0 Å². The molecule has 0 amide bonds. The van der Waals surface area contributed by atoms with Crippen LogP contribution in [0.15, 0.2) is 36.4 Å². The molecule has 0 aromatic heterocycles. The van der Waals surface area contributed by atoms with Gasteiger partial charge in [-0.3, -0.25) is 4.79 Å². The Morgan fingerprint density at radius 1 is 1.06 bits per heavy atom. The van der Waals surface area contributed by atoms with Crippen molar-refractivity contribution in [1.29, 1.82) is 0 Å². The highest BCUT2D eigenvalue weighted by atomic mass is 35.5. The molecule has 3 heteroatoms. The Balaban J connectivity index is 2.47. The van der Waals surface area contributed by atoms with Crippen LogP contribution in [-0.4, -0.2) is 5.78 Å². The number of halogens is 2. The van der Waals surface area contributed by atoms with Crippen molar-refractivity contribution in [3.8, 4) is 0 Å². The van der Waals surface area contributed by atoms with E-state index in [1.165, 1.54) is 12.1 Å². The zero-order valence-electron chi connectivity index (χ0n) is 10.1. The van der Waals surface area contributed by atoms with Crippen LogP contribution in [0.3, 0.4) is 0 Å². The smallest absolute Gasteiger partial charge is 0.195 e. The van der Waals surface area contributed by atoms with Crippen molar-refractivity contribution in [2.45, 2.75) is 13.8 Å². The third-order valence-electron chi connectivity index (χ3n) is 2.66. The zero-order chi connectivity index (χ0) is 13.3. The third kappa shape index (κ3) is 2.59. The second-order valence-electron chi connectivity index (χ2n) is 4.33. The van der Waals surface area contributed by atoms with E-state index in [1.54, 1.807) is 12.1 Å². The summed E-state index contributed by atoms with van der Waals surface area (Å²) in [6.45, 7) is 3.81. The predicted octanol–water partition coefficient (Wildman–Crippen LogP) is 4.33. The predicted molar refractivity (Wildman–Crippen MR) is 70.8 cm³/mol. The molecule has 0 fully saturated rings. The summed E-state index contributed by atoms with van der Waals surface area (Å²) in [5, 5.41) is 0.282. The molecule has 0 saturated carbocycles. The molecule has 0 spiro atoms. The average Bonchev–Trinajstić information content (AvgIpc) is 2.26. The molecule has 0 heterocycles. The van der Waals surface area contributed by atoms with E-state index in [-0.39, 0.29) is 16.4 Å². The minimum atomic E-state index is -0.591. The zero-order valence-corrected chi connectivity index (χ0v) is 10.9. The number of carbonyl (C=O) groups excluding carboxylic acids is 1. The fourth-order valence-electron chi connectivity index (χ4n) is 1.93. The summed E-state index contributed by atoms with van der Waals surface area (Å²) in [4.78, 5) is 12.2. The van der Waals surface area contributed by atoms with Gasteiger partial charge in [-0.2, -0.15) is 0 Å². The van der Waals surface area contributed by atoms with E-state index in [9.17, 15) is 9.18 Å². The lowest BCUT2D eigenvalue weighted by Gasteiger charge is -2.05. The van der Waals surface area contributed by atoms with Crippen molar-refractivity contribution in [1.82, 2.24) is 0 Å². The van der Waals surface area contributed by atoms with Crippen LogP contribution in [-0.2, 0) is 0 Å². The normalized spacial score (nSPS) is 10.4. The van der Waals surface area contributed by atoms with Crippen LogP contribution < -0.4 is 0 Å². The Labute approximate surface area is 110 Å². The second kappa shape index (κ2) is 4.91. The van der Waals surface area contributed by atoms with Gasteiger partial charge in [0.25, 0.3) is 0 Å². The topological polar surface area (TPSA) is 17.1 Å². The van der Waals surface area contributed by atoms with Crippen molar-refractivity contribution < 1.29 is 9.18 Å². The van der Waals surface area contributed by atoms with Crippen molar-refractivity contribution >= 4 is 17.4 Å². The van der Waals surface area contributed by atoms with Gasteiger partial charge < -0.3 is 0 Å². The highest BCUT2D eigenvalue weighted by molar-refractivity contribution is 6.30. The van der Waals surface area contributed by atoms with Crippen LogP contribution in [0.5, 0.6) is 0 Å². The van der Waals surface area contributed by atoms with E-state index in [2.05, 4.69) is 0 Å². The lowest BCUT2D eigenvalue weighted by atomic mass is 9.99. The molecule has 0 aliphatic heterocycles. The summed E-state index contributed by atoms with van der Waals surface area (Å²) in [5.41, 5.74) is 2.50. The van der Waals surface area contributed by atoms with Crippen molar-refractivity contribution in [3.63, 3.8) is 0 Å².